The second kappa shape index (κ2) is 22.4. The van der Waals surface area contributed by atoms with Gasteiger partial charge in [0.05, 0.1) is 0 Å². The molecule has 0 amide bonds. The third-order valence-corrected chi connectivity index (χ3v) is 8.61. The highest BCUT2D eigenvalue weighted by atomic mass is 15.2. The lowest BCUT2D eigenvalue weighted by Crippen LogP contribution is -2.51. The SMILES string of the molecule is CC.CC.CC.CC(C)(C)N1CCC2CCCCC2C1.CC(C)(C)N1CCCCC1.CC(C)(C)N1CCNCC1. The molecule has 3 saturated heterocycles. The highest BCUT2D eigenvalue weighted by Crippen LogP contribution is 2.37. The molecule has 4 rings (SSSR count). The molecule has 3 heterocycles. The number of piperazine rings is 1. The zero-order chi connectivity index (χ0) is 31.4. The Balaban J connectivity index is 0. The molecule has 4 heteroatoms. The van der Waals surface area contributed by atoms with E-state index >= 15 is 0 Å². The zero-order valence-corrected chi connectivity index (χ0v) is 30.8. The smallest absolute Gasteiger partial charge is 0.0126 e. The number of piperidine rings is 2. The summed E-state index contributed by atoms with van der Waals surface area (Å²) >= 11 is 0. The van der Waals surface area contributed by atoms with E-state index in [1.807, 2.05) is 41.5 Å². The third kappa shape index (κ3) is 17.7. The van der Waals surface area contributed by atoms with Gasteiger partial charge in [-0.05, 0) is 119 Å². The fraction of sp³-hybridized carbons (Fsp3) is 1.00. The summed E-state index contributed by atoms with van der Waals surface area (Å²) in [5.74, 6) is 2.10. The van der Waals surface area contributed by atoms with Gasteiger partial charge in [-0.25, -0.2) is 0 Å². The first-order valence-electron chi connectivity index (χ1n) is 17.7. The molecule has 4 aliphatic rings. The number of nitrogens with one attached hydrogen (secondary N) is 1. The van der Waals surface area contributed by atoms with Gasteiger partial charge in [0.25, 0.3) is 0 Å². The molecule has 0 radical (unpaired) electrons. The maximum absolute atomic E-state index is 3.35. The summed E-state index contributed by atoms with van der Waals surface area (Å²) in [6.07, 6.45) is 11.7. The van der Waals surface area contributed by atoms with E-state index in [0.29, 0.717) is 16.6 Å². The predicted molar refractivity (Wildman–Crippen MR) is 185 cm³/mol. The molecular weight excluding hydrogens is 488 g/mol. The monoisotopic (exact) mass is 569 g/mol. The molecule has 0 bridgehead atoms. The van der Waals surface area contributed by atoms with Crippen molar-refractivity contribution in [1.29, 1.82) is 0 Å². The molecule has 2 atom stereocenters. The lowest BCUT2D eigenvalue weighted by atomic mass is 9.74. The van der Waals surface area contributed by atoms with Crippen molar-refractivity contribution in [2.45, 2.75) is 172 Å². The molecule has 2 unspecified atom stereocenters. The molecule has 0 aromatic heterocycles. The molecule has 1 N–H and O–H groups in total. The van der Waals surface area contributed by atoms with E-state index in [1.165, 1.54) is 90.6 Å². The molecule has 1 aliphatic carbocycles. The van der Waals surface area contributed by atoms with Crippen molar-refractivity contribution < 1.29 is 0 Å². The minimum atomic E-state index is 0.363. The highest BCUT2D eigenvalue weighted by Gasteiger charge is 2.34. The van der Waals surface area contributed by atoms with Gasteiger partial charge in [-0.2, -0.15) is 0 Å². The van der Waals surface area contributed by atoms with E-state index in [4.69, 9.17) is 0 Å². The first-order chi connectivity index (χ1) is 18.8. The molecule has 1 saturated carbocycles. The van der Waals surface area contributed by atoms with Crippen LogP contribution in [0.5, 0.6) is 0 Å². The minimum Gasteiger partial charge on any atom is -0.314 e. The summed E-state index contributed by atoms with van der Waals surface area (Å²) in [4.78, 5) is 7.79. The van der Waals surface area contributed by atoms with Crippen LogP contribution in [-0.2, 0) is 0 Å². The lowest BCUT2D eigenvalue weighted by molar-refractivity contribution is 0.0287. The van der Waals surface area contributed by atoms with E-state index in [2.05, 4.69) is 82.3 Å². The Bertz CT molecular complexity index is 515. The summed E-state index contributed by atoms with van der Waals surface area (Å²) in [6.45, 7) is 42.8. The highest BCUT2D eigenvalue weighted by molar-refractivity contribution is 4.88. The fourth-order valence-corrected chi connectivity index (χ4v) is 6.11. The summed E-state index contributed by atoms with van der Waals surface area (Å²) < 4.78 is 0. The van der Waals surface area contributed by atoms with Gasteiger partial charge in [-0.1, -0.05) is 67.2 Å². The Morgan fingerprint density at radius 1 is 0.425 bits per heavy atom. The zero-order valence-electron chi connectivity index (χ0n) is 30.8. The van der Waals surface area contributed by atoms with Crippen molar-refractivity contribution in [3.63, 3.8) is 0 Å². The van der Waals surface area contributed by atoms with E-state index in [0.717, 1.165) is 24.9 Å². The van der Waals surface area contributed by atoms with E-state index < -0.39 is 0 Å². The van der Waals surface area contributed by atoms with Crippen molar-refractivity contribution in [2.75, 3.05) is 52.4 Å². The first kappa shape index (κ1) is 42.0. The van der Waals surface area contributed by atoms with E-state index in [-0.39, 0.29) is 0 Å². The van der Waals surface area contributed by atoms with Crippen molar-refractivity contribution >= 4 is 0 Å². The molecule has 40 heavy (non-hydrogen) atoms. The minimum absolute atomic E-state index is 0.363. The normalized spacial score (nSPS) is 24.4. The first-order valence-corrected chi connectivity index (χ1v) is 17.7. The van der Waals surface area contributed by atoms with Crippen LogP contribution in [0.2, 0.25) is 0 Å². The lowest BCUT2D eigenvalue weighted by Gasteiger charge is -2.46. The Labute approximate surface area is 255 Å². The number of fused-ring (bicyclic) bond motifs is 1. The third-order valence-electron chi connectivity index (χ3n) is 8.61. The largest absolute Gasteiger partial charge is 0.314 e. The van der Waals surface area contributed by atoms with Crippen LogP contribution >= 0.6 is 0 Å². The Kier molecular flexibility index (Phi) is 23.5. The van der Waals surface area contributed by atoms with Crippen LogP contribution in [0.3, 0.4) is 0 Å². The van der Waals surface area contributed by atoms with Crippen molar-refractivity contribution in [3.8, 4) is 0 Å². The maximum atomic E-state index is 3.35. The molecule has 0 spiro atoms. The van der Waals surface area contributed by atoms with Gasteiger partial charge in [0.15, 0.2) is 0 Å². The van der Waals surface area contributed by atoms with Crippen LogP contribution in [0.1, 0.15) is 155 Å². The molecule has 4 nitrogen and oxygen atoms in total. The van der Waals surface area contributed by atoms with Crippen molar-refractivity contribution in [1.82, 2.24) is 20.0 Å². The standard InChI is InChI=1S/C13H25N.C9H19N.C8H18N2.3C2H6/c1-13(2,3)14-9-8-11-6-4-5-7-12(11)10-14;1-9(2,3)10-7-5-4-6-8-10;1-8(2,3)10-6-4-9-5-7-10;3*1-2/h11-12H,4-10H2,1-3H3;4-8H2,1-3H3;9H,4-7H2,1-3H3;3*1-2H3. The van der Waals surface area contributed by atoms with Crippen molar-refractivity contribution in [3.05, 3.63) is 0 Å². The summed E-state index contributed by atoms with van der Waals surface area (Å²) in [5.41, 5.74) is 1.16. The molecule has 0 aromatic carbocycles. The molecular formula is C36H80N4. The van der Waals surface area contributed by atoms with Gasteiger partial charge in [-0.15, -0.1) is 0 Å². The average Bonchev–Trinajstić information content (AvgIpc) is 2.96. The van der Waals surface area contributed by atoms with Gasteiger partial charge in [0.1, 0.15) is 0 Å². The number of hydrogen-bond donors (Lipinski definition) is 1. The van der Waals surface area contributed by atoms with Gasteiger partial charge < -0.3 is 5.32 Å². The topological polar surface area (TPSA) is 21.8 Å². The Hall–Kier alpha value is -0.160. The molecule has 3 aliphatic heterocycles. The van der Waals surface area contributed by atoms with Gasteiger partial charge >= 0.3 is 0 Å². The second-order valence-corrected chi connectivity index (χ2v) is 14.3. The van der Waals surface area contributed by atoms with E-state index in [1.54, 1.807) is 0 Å². The van der Waals surface area contributed by atoms with Crippen LogP contribution in [0.25, 0.3) is 0 Å². The molecule has 244 valence electrons. The predicted octanol–water partition coefficient (Wildman–Crippen LogP) is 9.34. The van der Waals surface area contributed by atoms with Gasteiger partial charge in [-0.3, -0.25) is 14.7 Å². The van der Waals surface area contributed by atoms with Gasteiger partial charge in [0, 0.05) is 49.3 Å². The number of nitrogens with zero attached hydrogens (tertiary/aromatic N) is 3. The average molecular weight is 569 g/mol. The van der Waals surface area contributed by atoms with Crippen LogP contribution < -0.4 is 5.32 Å². The van der Waals surface area contributed by atoms with Crippen molar-refractivity contribution in [2.24, 2.45) is 11.8 Å². The summed E-state index contributed by atoms with van der Waals surface area (Å²) in [7, 11) is 0. The second-order valence-electron chi connectivity index (χ2n) is 14.3. The van der Waals surface area contributed by atoms with Crippen LogP contribution in [0.15, 0.2) is 0 Å². The summed E-state index contributed by atoms with van der Waals surface area (Å²) in [6, 6.07) is 0. The molecule has 4 fully saturated rings. The quantitative estimate of drug-likeness (QED) is 0.314. The van der Waals surface area contributed by atoms with Crippen LogP contribution in [0.4, 0.5) is 0 Å². The van der Waals surface area contributed by atoms with E-state index in [9.17, 15) is 0 Å². The summed E-state index contributed by atoms with van der Waals surface area (Å²) in [5, 5.41) is 3.35. The van der Waals surface area contributed by atoms with Crippen LogP contribution in [-0.4, -0.2) is 83.7 Å². The number of rotatable bonds is 0. The Morgan fingerprint density at radius 3 is 1.20 bits per heavy atom. The van der Waals surface area contributed by atoms with Gasteiger partial charge in [0.2, 0.25) is 0 Å². The Morgan fingerprint density at radius 2 is 0.825 bits per heavy atom. The maximum Gasteiger partial charge on any atom is 0.0126 e. The number of likely N-dealkylation sites (tertiary alicyclic amines) is 2. The van der Waals surface area contributed by atoms with Crippen LogP contribution in [0, 0.1) is 11.8 Å². The fourth-order valence-electron chi connectivity index (χ4n) is 6.11. The number of hydrogen-bond acceptors (Lipinski definition) is 4. The molecule has 0 aromatic rings.